The number of anilines is 1. The van der Waals surface area contributed by atoms with Gasteiger partial charge in [-0.3, -0.25) is 0 Å². The highest BCUT2D eigenvalue weighted by Gasteiger charge is 2.16. The molecule has 0 spiro atoms. The van der Waals surface area contributed by atoms with Crippen LogP contribution < -0.4 is 10.1 Å². The first kappa shape index (κ1) is 19.7. The van der Waals surface area contributed by atoms with E-state index >= 15 is 0 Å². The van der Waals surface area contributed by atoms with Crippen LogP contribution in [0.25, 0.3) is 17.0 Å². The molecule has 11 heteroatoms. The molecule has 0 fully saturated rings. The molecule has 0 aliphatic heterocycles. The molecule has 2 N–H and O–H groups in total. The highest BCUT2D eigenvalue weighted by atomic mass is 19.1. The second-order valence-electron chi connectivity index (χ2n) is 6.92. The number of halogens is 1. The van der Waals surface area contributed by atoms with Gasteiger partial charge in [0.1, 0.15) is 23.0 Å². The molecule has 10 nitrogen and oxygen atoms in total. The lowest BCUT2D eigenvalue weighted by atomic mass is 10.1. The van der Waals surface area contributed by atoms with Crippen molar-refractivity contribution in [1.82, 2.24) is 34.6 Å². The summed E-state index contributed by atoms with van der Waals surface area (Å²) in [7, 11) is 1.49. The SMILES string of the molecule is COc1ncc(F)cc1[C@@H](C)Nc1ccc2ncc(-c3cn(C[C@@H](C)O)nn3)n2n1. The summed E-state index contributed by atoms with van der Waals surface area (Å²) in [4.78, 5) is 8.32. The minimum Gasteiger partial charge on any atom is -0.481 e. The van der Waals surface area contributed by atoms with Gasteiger partial charge in [0, 0.05) is 5.56 Å². The number of aliphatic hydroxyl groups is 1. The molecule has 0 aromatic carbocycles. The Morgan fingerprint density at radius 1 is 1.23 bits per heavy atom. The number of nitrogens with zero attached hydrogens (tertiary/aromatic N) is 7. The fourth-order valence-corrected chi connectivity index (χ4v) is 3.12. The Bertz CT molecular complexity index is 1170. The van der Waals surface area contributed by atoms with Crippen LogP contribution in [0.1, 0.15) is 25.5 Å². The molecule has 0 radical (unpaired) electrons. The predicted octanol–water partition coefficient (Wildman–Crippen LogP) is 2.08. The van der Waals surface area contributed by atoms with E-state index in [1.807, 2.05) is 13.0 Å². The van der Waals surface area contributed by atoms with Gasteiger partial charge in [0.05, 0.1) is 44.4 Å². The van der Waals surface area contributed by atoms with E-state index in [9.17, 15) is 9.50 Å². The van der Waals surface area contributed by atoms with Gasteiger partial charge in [-0.25, -0.2) is 23.6 Å². The minimum atomic E-state index is -0.536. The molecule has 0 unspecified atom stereocenters. The average Bonchev–Trinajstić information content (AvgIpc) is 3.33. The van der Waals surface area contributed by atoms with Crippen molar-refractivity contribution in [2.24, 2.45) is 0 Å². The second-order valence-corrected chi connectivity index (χ2v) is 6.92. The fourth-order valence-electron chi connectivity index (χ4n) is 3.12. The van der Waals surface area contributed by atoms with E-state index in [0.29, 0.717) is 40.8 Å². The van der Waals surface area contributed by atoms with Gasteiger partial charge in [0.25, 0.3) is 0 Å². The van der Waals surface area contributed by atoms with Crippen LogP contribution in [0, 0.1) is 5.82 Å². The van der Waals surface area contributed by atoms with Crippen LogP contribution in [0.2, 0.25) is 0 Å². The van der Waals surface area contributed by atoms with E-state index in [1.54, 1.807) is 34.6 Å². The number of imidazole rings is 1. The van der Waals surface area contributed by atoms with E-state index in [-0.39, 0.29) is 6.04 Å². The highest BCUT2D eigenvalue weighted by molar-refractivity contribution is 5.59. The quantitative estimate of drug-likeness (QED) is 0.474. The lowest BCUT2D eigenvalue weighted by Crippen LogP contribution is -2.12. The monoisotopic (exact) mass is 412 g/mol. The Morgan fingerprint density at radius 2 is 2.07 bits per heavy atom. The lowest BCUT2D eigenvalue weighted by Gasteiger charge is -2.17. The molecule has 2 atom stereocenters. The van der Waals surface area contributed by atoms with Crippen molar-refractivity contribution in [3.63, 3.8) is 0 Å². The Labute approximate surface area is 171 Å². The number of pyridine rings is 1. The third kappa shape index (κ3) is 3.92. The van der Waals surface area contributed by atoms with Crippen molar-refractivity contribution < 1.29 is 14.2 Å². The zero-order valence-corrected chi connectivity index (χ0v) is 16.7. The van der Waals surface area contributed by atoms with Crippen LogP contribution in [0.5, 0.6) is 5.88 Å². The van der Waals surface area contributed by atoms with E-state index < -0.39 is 11.9 Å². The van der Waals surface area contributed by atoms with Gasteiger partial charge in [0.2, 0.25) is 5.88 Å². The summed E-state index contributed by atoms with van der Waals surface area (Å²) in [5.74, 6) is 0.451. The Hall–Kier alpha value is -3.60. The van der Waals surface area contributed by atoms with Crippen molar-refractivity contribution in [3.8, 4) is 17.3 Å². The van der Waals surface area contributed by atoms with E-state index in [2.05, 4.69) is 30.7 Å². The number of ether oxygens (including phenoxy) is 1. The Morgan fingerprint density at radius 3 is 2.83 bits per heavy atom. The third-order valence-corrected chi connectivity index (χ3v) is 4.48. The van der Waals surface area contributed by atoms with E-state index in [4.69, 9.17) is 4.74 Å². The summed E-state index contributed by atoms with van der Waals surface area (Å²) in [6, 6.07) is 4.66. The molecule has 156 valence electrons. The largest absolute Gasteiger partial charge is 0.481 e. The van der Waals surface area contributed by atoms with Gasteiger partial charge in [-0.15, -0.1) is 10.2 Å². The van der Waals surface area contributed by atoms with Crippen molar-refractivity contribution in [3.05, 3.63) is 48.2 Å². The van der Waals surface area contributed by atoms with Gasteiger partial charge in [-0.2, -0.15) is 0 Å². The van der Waals surface area contributed by atoms with E-state index in [0.717, 1.165) is 6.20 Å². The number of rotatable bonds is 7. The number of nitrogens with one attached hydrogen (secondary N) is 1. The first-order valence-electron chi connectivity index (χ1n) is 9.34. The highest BCUT2D eigenvalue weighted by Crippen LogP contribution is 2.26. The number of hydrogen-bond acceptors (Lipinski definition) is 8. The van der Waals surface area contributed by atoms with Crippen molar-refractivity contribution in [2.45, 2.75) is 32.5 Å². The van der Waals surface area contributed by atoms with Crippen LogP contribution in [-0.2, 0) is 6.54 Å². The van der Waals surface area contributed by atoms with E-state index in [1.165, 1.54) is 13.2 Å². The second kappa shape index (κ2) is 8.03. The smallest absolute Gasteiger partial charge is 0.218 e. The van der Waals surface area contributed by atoms with Crippen molar-refractivity contribution >= 4 is 11.5 Å². The lowest BCUT2D eigenvalue weighted by molar-refractivity contribution is 0.167. The fraction of sp³-hybridized carbons (Fsp3) is 0.316. The number of fused-ring (bicyclic) bond motifs is 1. The zero-order chi connectivity index (χ0) is 21.3. The molecule has 4 rings (SSSR count). The summed E-state index contributed by atoms with van der Waals surface area (Å²) < 4.78 is 22.1. The molecule has 4 heterocycles. The van der Waals surface area contributed by atoms with Crippen LogP contribution in [0.4, 0.5) is 10.2 Å². The van der Waals surface area contributed by atoms with Crippen molar-refractivity contribution in [1.29, 1.82) is 0 Å². The van der Waals surface area contributed by atoms with Crippen LogP contribution >= 0.6 is 0 Å². The number of hydrogen-bond donors (Lipinski definition) is 2. The maximum atomic E-state index is 13.7. The summed E-state index contributed by atoms with van der Waals surface area (Å²) in [5, 5.41) is 25.5. The van der Waals surface area contributed by atoms with Gasteiger partial charge < -0.3 is 15.2 Å². The molecule has 0 amide bonds. The standard InChI is InChI=1S/C19H21FN8O2/c1-11(29)9-27-10-15(24-26-27)16-8-21-18-5-4-17(25-28(16)18)23-12(2)14-6-13(20)7-22-19(14)30-3/h4-8,10-12,29H,9H2,1-3H3,(H,23,25)/t11-,12-/m1/s1. The molecular formula is C19H21FN8O2. The molecular weight excluding hydrogens is 391 g/mol. The predicted molar refractivity (Wildman–Crippen MR) is 106 cm³/mol. The molecule has 4 aromatic rings. The maximum absolute atomic E-state index is 13.7. The third-order valence-electron chi connectivity index (χ3n) is 4.48. The summed E-state index contributed by atoms with van der Waals surface area (Å²) in [6.07, 6.45) is 3.96. The number of aromatic nitrogens is 7. The normalized spacial score (nSPS) is 13.4. The number of methoxy groups -OCH3 is 1. The van der Waals surface area contributed by atoms with Crippen LogP contribution in [0.3, 0.4) is 0 Å². The molecule has 30 heavy (non-hydrogen) atoms. The maximum Gasteiger partial charge on any atom is 0.218 e. The summed E-state index contributed by atoms with van der Waals surface area (Å²) in [5.41, 5.74) is 2.45. The topological polar surface area (TPSA) is 115 Å². The Balaban J connectivity index is 1.63. The summed E-state index contributed by atoms with van der Waals surface area (Å²) in [6.45, 7) is 3.88. The molecule has 0 aliphatic carbocycles. The molecule has 0 bridgehead atoms. The molecule has 0 aliphatic rings. The minimum absolute atomic E-state index is 0.313. The average molecular weight is 412 g/mol. The first-order valence-corrected chi connectivity index (χ1v) is 9.34. The zero-order valence-electron chi connectivity index (χ0n) is 16.7. The summed E-state index contributed by atoms with van der Waals surface area (Å²) >= 11 is 0. The molecule has 4 aromatic heterocycles. The van der Waals surface area contributed by atoms with Crippen molar-refractivity contribution in [2.75, 3.05) is 12.4 Å². The first-order chi connectivity index (χ1) is 14.4. The Kier molecular flexibility index (Phi) is 5.27. The molecule has 0 saturated heterocycles. The number of aliphatic hydroxyl groups excluding tert-OH is 1. The van der Waals surface area contributed by atoms with Gasteiger partial charge in [-0.05, 0) is 32.0 Å². The van der Waals surface area contributed by atoms with Gasteiger partial charge in [-0.1, -0.05) is 5.21 Å². The van der Waals surface area contributed by atoms with Gasteiger partial charge in [0.15, 0.2) is 5.65 Å². The van der Waals surface area contributed by atoms with Gasteiger partial charge >= 0.3 is 0 Å². The molecule has 0 saturated carbocycles. The van der Waals surface area contributed by atoms with Crippen LogP contribution in [-0.4, -0.2) is 52.9 Å². The van der Waals surface area contributed by atoms with Crippen LogP contribution in [0.15, 0.2) is 36.8 Å².